The zero-order valence-corrected chi connectivity index (χ0v) is 13.8. The molecule has 0 saturated carbocycles. The van der Waals surface area contributed by atoms with E-state index >= 15 is 0 Å². The highest BCUT2D eigenvalue weighted by atomic mass is 19.4. The molecule has 2 aromatic carbocycles. The van der Waals surface area contributed by atoms with Gasteiger partial charge in [-0.25, -0.2) is 0 Å². The van der Waals surface area contributed by atoms with E-state index in [-0.39, 0.29) is 18.9 Å². The van der Waals surface area contributed by atoms with Crippen molar-refractivity contribution >= 4 is 5.91 Å². The number of hydrogen-bond acceptors (Lipinski definition) is 3. The normalized spacial score (nSPS) is 11.1. The van der Waals surface area contributed by atoms with Gasteiger partial charge in [0, 0.05) is 12.6 Å². The standard InChI is InChI=1S/C18H18F3NO3/c1-24-15-7-13(8-16(10-15)25-2)11-22-17(23)9-12-4-3-5-14(6-12)18(19,20)21/h3-8,10H,9,11H2,1-2H3,(H,22,23). The number of ether oxygens (including phenoxy) is 2. The molecule has 0 unspecified atom stereocenters. The minimum Gasteiger partial charge on any atom is -0.497 e. The third-order valence-corrected chi connectivity index (χ3v) is 3.52. The number of nitrogens with one attached hydrogen (secondary N) is 1. The van der Waals surface area contributed by atoms with Crippen LogP contribution in [0.3, 0.4) is 0 Å². The highest BCUT2D eigenvalue weighted by molar-refractivity contribution is 5.78. The maximum absolute atomic E-state index is 12.7. The first-order chi connectivity index (χ1) is 11.8. The SMILES string of the molecule is COc1cc(CNC(=O)Cc2cccc(C(F)(F)F)c2)cc(OC)c1. The first-order valence-electron chi connectivity index (χ1n) is 7.46. The van der Waals surface area contributed by atoms with Crippen molar-refractivity contribution in [1.29, 1.82) is 0 Å². The molecule has 7 heteroatoms. The van der Waals surface area contributed by atoms with Crippen molar-refractivity contribution in [2.75, 3.05) is 14.2 Å². The quantitative estimate of drug-likeness (QED) is 0.864. The van der Waals surface area contributed by atoms with Gasteiger partial charge in [-0.2, -0.15) is 13.2 Å². The molecule has 0 bridgehead atoms. The van der Waals surface area contributed by atoms with Crippen LogP contribution in [0.1, 0.15) is 16.7 Å². The van der Waals surface area contributed by atoms with Crippen molar-refractivity contribution in [1.82, 2.24) is 5.32 Å². The summed E-state index contributed by atoms with van der Waals surface area (Å²) < 4.78 is 48.4. The van der Waals surface area contributed by atoms with Gasteiger partial charge in [-0.15, -0.1) is 0 Å². The van der Waals surface area contributed by atoms with Gasteiger partial charge in [-0.05, 0) is 29.3 Å². The molecule has 0 atom stereocenters. The van der Waals surface area contributed by atoms with Gasteiger partial charge in [-0.3, -0.25) is 4.79 Å². The van der Waals surface area contributed by atoms with Crippen LogP contribution < -0.4 is 14.8 Å². The van der Waals surface area contributed by atoms with Gasteiger partial charge in [-0.1, -0.05) is 18.2 Å². The predicted molar refractivity (Wildman–Crippen MR) is 86.5 cm³/mol. The lowest BCUT2D eigenvalue weighted by Crippen LogP contribution is -2.24. The second-order valence-corrected chi connectivity index (χ2v) is 5.37. The summed E-state index contributed by atoms with van der Waals surface area (Å²) in [4.78, 5) is 12.0. The second-order valence-electron chi connectivity index (χ2n) is 5.37. The second kappa shape index (κ2) is 7.92. The lowest BCUT2D eigenvalue weighted by atomic mass is 10.1. The molecule has 134 valence electrons. The topological polar surface area (TPSA) is 47.6 Å². The first-order valence-corrected chi connectivity index (χ1v) is 7.46. The van der Waals surface area contributed by atoms with Crippen LogP contribution in [0.15, 0.2) is 42.5 Å². The average molecular weight is 353 g/mol. The van der Waals surface area contributed by atoms with E-state index in [0.717, 1.165) is 17.7 Å². The van der Waals surface area contributed by atoms with Gasteiger partial charge in [0.2, 0.25) is 5.91 Å². The molecule has 0 heterocycles. The lowest BCUT2D eigenvalue weighted by Gasteiger charge is -2.11. The average Bonchev–Trinajstić information content (AvgIpc) is 2.59. The number of alkyl halides is 3. The van der Waals surface area contributed by atoms with E-state index in [2.05, 4.69) is 5.32 Å². The summed E-state index contributed by atoms with van der Waals surface area (Å²) in [6.07, 6.45) is -4.56. The molecular weight excluding hydrogens is 335 g/mol. The lowest BCUT2D eigenvalue weighted by molar-refractivity contribution is -0.137. The zero-order valence-electron chi connectivity index (χ0n) is 13.8. The molecule has 0 radical (unpaired) electrons. The van der Waals surface area contributed by atoms with Crippen molar-refractivity contribution in [2.45, 2.75) is 19.1 Å². The molecule has 1 amide bonds. The van der Waals surface area contributed by atoms with Gasteiger partial charge in [0.1, 0.15) is 11.5 Å². The third-order valence-electron chi connectivity index (χ3n) is 3.52. The van der Waals surface area contributed by atoms with Crippen molar-refractivity contribution in [3.63, 3.8) is 0 Å². The third kappa shape index (κ3) is 5.41. The summed E-state index contributed by atoms with van der Waals surface area (Å²) in [5.41, 5.74) is 0.291. The van der Waals surface area contributed by atoms with E-state index in [9.17, 15) is 18.0 Å². The predicted octanol–water partition coefficient (Wildman–Crippen LogP) is 3.58. The highest BCUT2D eigenvalue weighted by Crippen LogP contribution is 2.29. The largest absolute Gasteiger partial charge is 0.497 e. The van der Waals surface area contributed by atoms with Crippen LogP contribution in [0.2, 0.25) is 0 Å². The van der Waals surface area contributed by atoms with E-state index in [1.54, 1.807) is 18.2 Å². The van der Waals surface area contributed by atoms with Crippen LogP contribution in [0.5, 0.6) is 11.5 Å². The van der Waals surface area contributed by atoms with E-state index in [4.69, 9.17) is 9.47 Å². The number of carbonyl (C=O) groups excluding carboxylic acids is 1. The minimum atomic E-state index is -4.43. The van der Waals surface area contributed by atoms with E-state index in [0.29, 0.717) is 17.1 Å². The molecule has 0 aromatic heterocycles. The molecule has 0 fully saturated rings. The van der Waals surface area contributed by atoms with E-state index < -0.39 is 11.7 Å². The maximum Gasteiger partial charge on any atom is 0.416 e. The van der Waals surface area contributed by atoms with Crippen LogP contribution in [0, 0.1) is 0 Å². The van der Waals surface area contributed by atoms with Gasteiger partial charge in [0.15, 0.2) is 0 Å². The number of halogens is 3. The molecule has 2 rings (SSSR count). The Labute approximate surface area is 143 Å². The molecule has 0 aliphatic rings. The van der Waals surface area contributed by atoms with Gasteiger partial charge in [0.05, 0.1) is 26.2 Å². The Hall–Kier alpha value is -2.70. The number of amides is 1. The number of carbonyl (C=O) groups is 1. The Balaban J connectivity index is 1.99. The van der Waals surface area contributed by atoms with E-state index in [1.807, 2.05) is 0 Å². The van der Waals surface area contributed by atoms with Crippen molar-refractivity contribution in [3.05, 3.63) is 59.2 Å². The van der Waals surface area contributed by atoms with Crippen LogP contribution in [0.25, 0.3) is 0 Å². The molecule has 25 heavy (non-hydrogen) atoms. The molecule has 0 spiro atoms. The Morgan fingerprint density at radius 1 is 1.00 bits per heavy atom. The summed E-state index contributed by atoms with van der Waals surface area (Å²) in [5.74, 6) is 0.795. The van der Waals surface area contributed by atoms with Crippen LogP contribution in [-0.4, -0.2) is 20.1 Å². The molecule has 2 aromatic rings. The Bertz CT molecular complexity index is 722. The molecule has 1 N–H and O–H groups in total. The Morgan fingerprint density at radius 3 is 2.20 bits per heavy atom. The van der Waals surface area contributed by atoms with Crippen molar-refractivity contribution in [3.8, 4) is 11.5 Å². The van der Waals surface area contributed by atoms with Crippen LogP contribution >= 0.6 is 0 Å². The van der Waals surface area contributed by atoms with Crippen LogP contribution in [0.4, 0.5) is 13.2 Å². The smallest absolute Gasteiger partial charge is 0.416 e. The van der Waals surface area contributed by atoms with Crippen LogP contribution in [-0.2, 0) is 23.9 Å². The van der Waals surface area contributed by atoms with E-state index in [1.165, 1.54) is 26.4 Å². The molecule has 0 aliphatic carbocycles. The Morgan fingerprint density at radius 2 is 1.64 bits per heavy atom. The minimum absolute atomic E-state index is 0.134. The fourth-order valence-electron chi connectivity index (χ4n) is 2.27. The van der Waals surface area contributed by atoms with Crippen molar-refractivity contribution < 1.29 is 27.4 Å². The van der Waals surface area contributed by atoms with Crippen molar-refractivity contribution in [2.24, 2.45) is 0 Å². The number of rotatable bonds is 6. The summed E-state index contributed by atoms with van der Waals surface area (Å²) >= 11 is 0. The van der Waals surface area contributed by atoms with Gasteiger partial charge >= 0.3 is 6.18 Å². The first kappa shape index (κ1) is 18.6. The van der Waals surface area contributed by atoms with Gasteiger partial charge < -0.3 is 14.8 Å². The fraction of sp³-hybridized carbons (Fsp3) is 0.278. The number of methoxy groups -OCH3 is 2. The summed E-state index contributed by atoms with van der Waals surface area (Å²) in [6, 6.07) is 9.92. The highest BCUT2D eigenvalue weighted by Gasteiger charge is 2.30. The summed E-state index contributed by atoms with van der Waals surface area (Å²) in [7, 11) is 3.04. The molecular formula is C18H18F3NO3. The zero-order chi connectivity index (χ0) is 18.4. The summed E-state index contributed by atoms with van der Waals surface area (Å²) in [6.45, 7) is 0.214. The Kier molecular flexibility index (Phi) is 5.90. The number of benzene rings is 2. The molecule has 4 nitrogen and oxygen atoms in total. The van der Waals surface area contributed by atoms with Gasteiger partial charge in [0.25, 0.3) is 0 Å². The number of hydrogen-bond donors (Lipinski definition) is 1. The fourth-order valence-corrected chi connectivity index (χ4v) is 2.27. The summed E-state index contributed by atoms with van der Waals surface area (Å²) in [5, 5.41) is 2.68. The molecule has 0 saturated heterocycles. The maximum atomic E-state index is 12.7. The molecule has 0 aliphatic heterocycles. The monoisotopic (exact) mass is 353 g/mol.